The molecule has 1 saturated heterocycles. The number of ether oxygens (including phenoxy) is 2. The van der Waals surface area contributed by atoms with E-state index in [1.807, 2.05) is 18.2 Å². The third kappa shape index (κ3) is 4.39. The van der Waals surface area contributed by atoms with E-state index in [2.05, 4.69) is 40.3 Å². The maximum atomic E-state index is 12.4. The molecule has 0 atom stereocenters. The van der Waals surface area contributed by atoms with Crippen LogP contribution < -0.4 is 15.0 Å². The number of hydrogen-bond acceptors (Lipinski definition) is 5. The van der Waals surface area contributed by atoms with Gasteiger partial charge in [0.05, 0.1) is 26.6 Å². The fourth-order valence-electron chi connectivity index (χ4n) is 4.02. The lowest BCUT2D eigenvalue weighted by molar-refractivity contribution is 0.158. The number of nitrogens with zero attached hydrogens (tertiary/aromatic N) is 3. The Morgan fingerprint density at radius 1 is 0.933 bits per heavy atom. The van der Waals surface area contributed by atoms with Crippen molar-refractivity contribution in [3.8, 4) is 22.8 Å². The molecule has 0 N–H and O–H groups in total. The van der Waals surface area contributed by atoms with Crippen molar-refractivity contribution < 1.29 is 9.47 Å². The number of hydrogen-bond donors (Lipinski definition) is 0. The van der Waals surface area contributed by atoms with Gasteiger partial charge in [0, 0.05) is 24.7 Å². The van der Waals surface area contributed by atoms with Crippen LogP contribution in [0.5, 0.6) is 11.5 Å². The van der Waals surface area contributed by atoms with Gasteiger partial charge in [-0.3, -0.25) is 9.69 Å². The Hall–Kier alpha value is -3.12. The molecule has 1 aliphatic rings. The molecule has 6 heteroatoms. The van der Waals surface area contributed by atoms with Crippen LogP contribution in [0.1, 0.15) is 24.3 Å². The third-order valence-electron chi connectivity index (χ3n) is 5.74. The molecule has 0 bridgehead atoms. The first-order chi connectivity index (χ1) is 14.7. The second kappa shape index (κ2) is 9.13. The maximum Gasteiger partial charge on any atom is 0.268 e. The van der Waals surface area contributed by atoms with E-state index in [-0.39, 0.29) is 5.56 Å². The smallest absolute Gasteiger partial charge is 0.268 e. The molecule has 3 aromatic rings. The van der Waals surface area contributed by atoms with Crippen LogP contribution in [0.15, 0.2) is 65.5 Å². The fourth-order valence-corrected chi connectivity index (χ4v) is 4.02. The highest BCUT2D eigenvalue weighted by atomic mass is 16.5. The van der Waals surface area contributed by atoms with Crippen LogP contribution in [-0.2, 0) is 6.67 Å². The summed E-state index contributed by atoms with van der Waals surface area (Å²) in [5.74, 6) is 1.89. The second-order valence-electron chi connectivity index (χ2n) is 7.57. The molecule has 4 rings (SSSR count). The zero-order valence-corrected chi connectivity index (χ0v) is 17.5. The molecule has 0 amide bonds. The summed E-state index contributed by atoms with van der Waals surface area (Å²) in [6.45, 7) is 2.41. The highest BCUT2D eigenvalue weighted by molar-refractivity contribution is 5.63. The Balaban J connectivity index is 1.48. The SMILES string of the molecule is COc1ccc(-c2ccc(=O)n(CN3CCC(c4ccccc4)CC3)n2)cc1OC. The van der Waals surface area contributed by atoms with Crippen molar-refractivity contribution in [1.82, 2.24) is 14.7 Å². The van der Waals surface area contributed by atoms with Gasteiger partial charge in [0.25, 0.3) is 5.56 Å². The predicted molar refractivity (Wildman–Crippen MR) is 117 cm³/mol. The first kappa shape index (κ1) is 20.2. The third-order valence-corrected chi connectivity index (χ3v) is 5.74. The van der Waals surface area contributed by atoms with Gasteiger partial charge in [-0.15, -0.1) is 0 Å². The topological polar surface area (TPSA) is 56.6 Å². The van der Waals surface area contributed by atoms with Gasteiger partial charge < -0.3 is 9.47 Å². The van der Waals surface area contributed by atoms with E-state index < -0.39 is 0 Å². The number of piperidine rings is 1. The molecule has 1 fully saturated rings. The summed E-state index contributed by atoms with van der Waals surface area (Å²) >= 11 is 0. The molecular formula is C24H27N3O3. The van der Waals surface area contributed by atoms with Crippen molar-refractivity contribution >= 4 is 0 Å². The summed E-state index contributed by atoms with van der Waals surface area (Å²) in [6, 6.07) is 19.7. The first-order valence-corrected chi connectivity index (χ1v) is 10.3. The summed E-state index contributed by atoms with van der Waals surface area (Å²) < 4.78 is 12.2. The van der Waals surface area contributed by atoms with Crippen molar-refractivity contribution in [1.29, 1.82) is 0 Å². The highest BCUT2D eigenvalue weighted by Crippen LogP contribution is 2.31. The van der Waals surface area contributed by atoms with Crippen molar-refractivity contribution in [3.05, 3.63) is 76.6 Å². The molecule has 0 aliphatic carbocycles. The Morgan fingerprint density at radius 2 is 1.67 bits per heavy atom. The minimum Gasteiger partial charge on any atom is -0.493 e. The summed E-state index contributed by atoms with van der Waals surface area (Å²) in [4.78, 5) is 14.7. The van der Waals surface area contributed by atoms with E-state index in [0.717, 1.165) is 37.2 Å². The molecule has 2 heterocycles. The van der Waals surface area contributed by atoms with Crippen LogP contribution in [0, 0.1) is 0 Å². The number of rotatable bonds is 6. The van der Waals surface area contributed by atoms with E-state index in [1.165, 1.54) is 5.56 Å². The monoisotopic (exact) mass is 405 g/mol. The number of benzene rings is 2. The highest BCUT2D eigenvalue weighted by Gasteiger charge is 2.21. The molecule has 156 valence electrons. The zero-order chi connectivity index (χ0) is 20.9. The van der Waals surface area contributed by atoms with Crippen molar-refractivity contribution in [2.75, 3.05) is 27.3 Å². The summed E-state index contributed by atoms with van der Waals surface area (Å²) in [5.41, 5.74) is 2.92. The van der Waals surface area contributed by atoms with Crippen molar-refractivity contribution in [2.24, 2.45) is 0 Å². The molecule has 2 aromatic carbocycles. The van der Waals surface area contributed by atoms with E-state index in [1.54, 1.807) is 31.0 Å². The Bertz CT molecular complexity index is 1040. The van der Waals surface area contributed by atoms with Crippen LogP contribution >= 0.6 is 0 Å². The van der Waals surface area contributed by atoms with Gasteiger partial charge >= 0.3 is 0 Å². The summed E-state index contributed by atoms with van der Waals surface area (Å²) in [5, 5.41) is 4.61. The number of likely N-dealkylation sites (tertiary alicyclic amines) is 1. The van der Waals surface area contributed by atoms with Crippen molar-refractivity contribution in [2.45, 2.75) is 25.4 Å². The predicted octanol–water partition coefficient (Wildman–Crippen LogP) is 3.76. The van der Waals surface area contributed by atoms with Crippen LogP contribution in [0.4, 0.5) is 0 Å². The average Bonchev–Trinajstić information content (AvgIpc) is 2.81. The van der Waals surface area contributed by atoms with E-state index >= 15 is 0 Å². The van der Waals surface area contributed by atoms with Crippen LogP contribution in [-0.4, -0.2) is 42.0 Å². The van der Waals surface area contributed by atoms with E-state index in [0.29, 0.717) is 24.1 Å². The molecule has 30 heavy (non-hydrogen) atoms. The van der Waals surface area contributed by atoms with Gasteiger partial charge in [-0.25, -0.2) is 4.68 Å². The molecule has 1 aromatic heterocycles. The number of methoxy groups -OCH3 is 2. The van der Waals surface area contributed by atoms with Crippen LogP contribution in [0.3, 0.4) is 0 Å². The molecule has 6 nitrogen and oxygen atoms in total. The summed E-state index contributed by atoms with van der Waals surface area (Å²) in [6.07, 6.45) is 2.18. The quantitative estimate of drug-likeness (QED) is 0.625. The average molecular weight is 405 g/mol. The first-order valence-electron chi connectivity index (χ1n) is 10.3. The standard InChI is InChI=1S/C24H27N3O3/c1-29-22-10-8-20(16-23(22)30-2)21-9-11-24(28)27(25-21)17-26-14-12-19(13-15-26)18-6-4-3-5-7-18/h3-11,16,19H,12-15,17H2,1-2H3. The van der Waals surface area contributed by atoms with Gasteiger partial charge in [0.15, 0.2) is 11.5 Å². The van der Waals surface area contributed by atoms with E-state index in [4.69, 9.17) is 9.47 Å². The zero-order valence-electron chi connectivity index (χ0n) is 17.5. The molecule has 0 spiro atoms. The Kier molecular flexibility index (Phi) is 6.14. The van der Waals surface area contributed by atoms with Crippen molar-refractivity contribution in [3.63, 3.8) is 0 Å². The molecular weight excluding hydrogens is 378 g/mol. The fraction of sp³-hybridized carbons (Fsp3) is 0.333. The molecule has 0 saturated carbocycles. The van der Waals surface area contributed by atoms with E-state index in [9.17, 15) is 4.79 Å². The van der Waals surface area contributed by atoms with Gasteiger partial charge in [0.2, 0.25) is 0 Å². The maximum absolute atomic E-state index is 12.4. The number of aromatic nitrogens is 2. The lowest BCUT2D eigenvalue weighted by atomic mass is 9.90. The molecule has 0 unspecified atom stereocenters. The normalized spacial score (nSPS) is 15.1. The van der Waals surface area contributed by atoms with Crippen LogP contribution in [0.2, 0.25) is 0 Å². The second-order valence-corrected chi connectivity index (χ2v) is 7.57. The summed E-state index contributed by atoms with van der Waals surface area (Å²) in [7, 11) is 3.21. The molecule has 1 aliphatic heterocycles. The van der Waals surface area contributed by atoms with Gasteiger partial charge in [-0.2, -0.15) is 5.10 Å². The largest absolute Gasteiger partial charge is 0.493 e. The lowest BCUT2D eigenvalue weighted by Crippen LogP contribution is -2.38. The minimum atomic E-state index is -0.0931. The van der Waals surface area contributed by atoms with Gasteiger partial charge in [-0.05, 0) is 48.6 Å². The Morgan fingerprint density at radius 3 is 2.37 bits per heavy atom. The van der Waals surface area contributed by atoms with Crippen LogP contribution in [0.25, 0.3) is 11.3 Å². The Labute approximate surface area is 176 Å². The minimum absolute atomic E-state index is 0.0931. The molecule has 0 radical (unpaired) electrons. The van der Waals surface area contributed by atoms with Gasteiger partial charge in [-0.1, -0.05) is 30.3 Å². The van der Waals surface area contributed by atoms with Gasteiger partial charge in [0.1, 0.15) is 0 Å². The lowest BCUT2D eigenvalue weighted by Gasteiger charge is -2.32.